The number of halogens is 3. The fourth-order valence-electron chi connectivity index (χ4n) is 1.95. The number of rotatable bonds is 3. The van der Waals surface area contributed by atoms with Gasteiger partial charge in [-0.1, -0.05) is 12.1 Å². The van der Waals surface area contributed by atoms with Crippen LogP contribution < -0.4 is 0 Å². The maximum Gasteiger partial charge on any atom is 0.417 e. The topological polar surface area (TPSA) is 39.2 Å². The second-order valence-corrected chi connectivity index (χ2v) is 4.18. The Hall–Kier alpha value is -2.37. The van der Waals surface area contributed by atoms with Crippen molar-refractivity contribution in [2.24, 2.45) is 0 Å². The van der Waals surface area contributed by atoms with Crippen molar-refractivity contribution in [3.63, 3.8) is 0 Å². The number of aromatic nitrogens is 1. The third kappa shape index (κ3) is 3.39. The van der Waals surface area contributed by atoms with Crippen molar-refractivity contribution in [2.45, 2.75) is 13.1 Å². The van der Waals surface area contributed by atoms with Crippen LogP contribution in [0.2, 0.25) is 0 Å². The number of ether oxygens (including phenoxy) is 1. The van der Waals surface area contributed by atoms with Crippen molar-refractivity contribution in [1.82, 2.24) is 4.98 Å². The summed E-state index contributed by atoms with van der Waals surface area (Å²) in [4.78, 5) is 15.3. The quantitative estimate of drug-likeness (QED) is 0.638. The van der Waals surface area contributed by atoms with Gasteiger partial charge in [-0.05, 0) is 30.5 Å². The van der Waals surface area contributed by atoms with E-state index in [9.17, 15) is 18.0 Å². The minimum atomic E-state index is -4.44. The highest BCUT2D eigenvalue weighted by molar-refractivity contribution is 5.95. The van der Waals surface area contributed by atoms with Crippen molar-refractivity contribution >= 4 is 22.8 Å². The average Bonchev–Trinajstić information content (AvgIpc) is 2.43. The molecule has 0 spiro atoms. The van der Waals surface area contributed by atoms with Crippen molar-refractivity contribution in [3.8, 4) is 0 Å². The molecule has 0 N–H and O–H groups in total. The van der Waals surface area contributed by atoms with Crippen LogP contribution in [0.25, 0.3) is 16.8 Å². The zero-order valence-electron chi connectivity index (χ0n) is 11.1. The molecule has 110 valence electrons. The fourth-order valence-corrected chi connectivity index (χ4v) is 1.95. The Morgan fingerprint density at radius 1 is 1.29 bits per heavy atom. The summed E-state index contributed by atoms with van der Waals surface area (Å²) in [5, 5.41) is 0.372. The minimum Gasteiger partial charge on any atom is -0.463 e. The first kappa shape index (κ1) is 15.0. The number of carbonyl (C=O) groups excluding carboxylic acids is 1. The van der Waals surface area contributed by atoms with Gasteiger partial charge in [0.1, 0.15) is 0 Å². The summed E-state index contributed by atoms with van der Waals surface area (Å²) < 4.78 is 43.6. The maximum absolute atomic E-state index is 13.0. The zero-order valence-corrected chi connectivity index (χ0v) is 11.1. The van der Waals surface area contributed by atoms with Crippen molar-refractivity contribution in [2.75, 3.05) is 6.61 Å². The molecular weight excluding hydrogens is 283 g/mol. The minimum absolute atomic E-state index is 0.0449. The Labute approximate surface area is 119 Å². The van der Waals surface area contributed by atoms with E-state index in [2.05, 4.69) is 4.98 Å². The van der Waals surface area contributed by atoms with Gasteiger partial charge in [0.25, 0.3) is 0 Å². The number of alkyl halides is 3. The molecule has 3 nitrogen and oxygen atoms in total. The second kappa shape index (κ2) is 5.95. The summed E-state index contributed by atoms with van der Waals surface area (Å²) in [6, 6.07) is 5.16. The lowest BCUT2D eigenvalue weighted by Crippen LogP contribution is -2.06. The smallest absolute Gasteiger partial charge is 0.417 e. The standard InChI is InChI=1S/C15H12F3NO2/c1-2-21-14(20)7-6-13-11-4-3-5-12(15(16,17)18)10(11)8-9-19-13/h3-9H,2H2,1H3/b7-6+. The Morgan fingerprint density at radius 3 is 2.71 bits per heavy atom. The predicted octanol–water partition coefficient (Wildman–Crippen LogP) is 3.83. The summed E-state index contributed by atoms with van der Waals surface area (Å²) in [5.74, 6) is -0.566. The van der Waals surface area contributed by atoms with Crippen LogP contribution in [0.4, 0.5) is 13.2 Å². The van der Waals surface area contributed by atoms with Gasteiger partial charge < -0.3 is 4.74 Å². The van der Waals surface area contributed by atoms with Gasteiger partial charge in [0.15, 0.2) is 0 Å². The number of esters is 1. The van der Waals surface area contributed by atoms with Crippen LogP contribution >= 0.6 is 0 Å². The lowest BCUT2D eigenvalue weighted by atomic mass is 10.0. The van der Waals surface area contributed by atoms with Gasteiger partial charge in [-0.3, -0.25) is 4.98 Å². The highest BCUT2D eigenvalue weighted by atomic mass is 19.4. The molecule has 0 aliphatic rings. The molecule has 0 bridgehead atoms. The fraction of sp³-hybridized carbons (Fsp3) is 0.200. The van der Waals surface area contributed by atoms with Crippen molar-refractivity contribution < 1.29 is 22.7 Å². The van der Waals surface area contributed by atoms with Crippen molar-refractivity contribution in [3.05, 3.63) is 47.8 Å². The highest BCUT2D eigenvalue weighted by Crippen LogP contribution is 2.35. The van der Waals surface area contributed by atoms with Crippen LogP contribution in [0.3, 0.4) is 0 Å². The van der Waals surface area contributed by atoms with Gasteiger partial charge in [-0.2, -0.15) is 13.2 Å². The van der Waals surface area contributed by atoms with E-state index in [0.717, 1.165) is 12.1 Å². The molecule has 1 aromatic heterocycles. The summed E-state index contributed by atoms with van der Waals surface area (Å²) >= 11 is 0. The summed E-state index contributed by atoms with van der Waals surface area (Å²) in [6.07, 6.45) is -0.669. The number of fused-ring (bicyclic) bond motifs is 1. The van der Waals surface area contributed by atoms with E-state index in [1.165, 1.54) is 30.5 Å². The number of hydrogen-bond acceptors (Lipinski definition) is 3. The maximum atomic E-state index is 13.0. The molecule has 0 unspecified atom stereocenters. The molecule has 1 aromatic carbocycles. The van der Waals surface area contributed by atoms with E-state index in [4.69, 9.17) is 4.74 Å². The molecule has 0 amide bonds. The lowest BCUT2D eigenvalue weighted by Gasteiger charge is -2.11. The molecule has 21 heavy (non-hydrogen) atoms. The number of nitrogens with zero attached hydrogens (tertiary/aromatic N) is 1. The summed E-state index contributed by atoms with van der Waals surface area (Å²) in [5.41, 5.74) is -0.445. The molecule has 2 rings (SSSR count). The molecule has 0 atom stereocenters. The SMILES string of the molecule is CCOC(=O)/C=C/c1nccc2c(C(F)(F)F)cccc12. The summed E-state index contributed by atoms with van der Waals surface area (Å²) in [7, 11) is 0. The predicted molar refractivity (Wildman–Crippen MR) is 72.4 cm³/mol. The molecule has 2 aromatic rings. The molecule has 0 saturated carbocycles. The average molecular weight is 295 g/mol. The molecule has 0 aliphatic carbocycles. The van der Waals surface area contributed by atoms with Gasteiger partial charge >= 0.3 is 12.1 Å². The van der Waals surface area contributed by atoms with E-state index >= 15 is 0 Å². The van der Waals surface area contributed by atoms with Crippen LogP contribution in [0.5, 0.6) is 0 Å². The number of carbonyl (C=O) groups is 1. The van der Waals surface area contributed by atoms with Crippen LogP contribution in [0, 0.1) is 0 Å². The number of hydrogen-bond donors (Lipinski definition) is 0. The largest absolute Gasteiger partial charge is 0.463 e. The Bertz CT molecular complexity index is 693. The van der Waals surface area contributed by atoms with Gasteiger partial charge in [-0.15, -0.1) is 0 Å². The zero-order chi connectivity index (χ0) is 15.5. The summed E-state index contributed by atoms with van der Waals surface area (Å²) in [6.45, 7) is 1.89. The molecule has 0 aliphatic heterocycles. The van der Waals surface area contributed by atoms with Crippen LogP contribution in [0.1, 0.15) is 18.2 Å². The van der Waals surface area contributed by atoms with E-state index in [1.807, 2.05) is 0 Å². The third-order valence-electron chi connectivity index (χ3n) is 2.81. The molecular formula is C15H12F3NO2. The highest BCUT2D eigenvalue weighted by Gasteiger charge is 2.32. The van der Waals surface area contributed by atoms with Crippen LogP contribution in [-0.4, -0.2) is 17.6 Å². The van der Waals surface area contributed by atoms with Gasteiger partial charge in [0.05, 0.1) is 17.9 Å². The molecule has 6 heteroatoms. The first-order chi connectivity index (χ1) is 9.93. The van der Waals surface area contributed by atoms with E-state index in [0.29, 0.717) is 5.39 Å². The van der Waals surface area contributed by atoms with Gasteiger partial charge in [0.2, 0.25) is 0 Å². The van der Waals surface area contributed by atoms with Crippen LogP contribution in [-0.2, 0) is 15.7 Å². The van der Waals surface area contributed by atoms with Gasteiger partial charge in [0, 0.05) is 17.7 Å². The first-order valence-electron chi connectivity index (χ1n) is 6.23. The van der Waals surface area contributed by atoms with E-state index in [1.54, 1.807) is 6.92 Å². The number of benzene rings is 1. The van der Waals surface area contributed by atoms with E-state index < -0.39 is 17.7 Å². The van der Waals surface area contributed by atoms with Crippen molar-refractivity contribution in [1.29, 1.82) is 0 Å². The number of pyridine rings is 1. The normalized spacial score (nSPS) is 12.0. The Morgan fingerprint density at radius 2 is 2.05 bits per heavy atom. The second-order valence-electron chi connectivity index (χ2n) is 4.18. The molecule has 0 saturated heterocycles. The monoisotopic (exact) mass is 295 g/mol. The Balaban J connectivity index is 2.50. The molecule has 1 heterocycles. The first-order valence-corrected chi connectivity index (χ1v) is 6.23. The molecule has 0 fully saturated rings. The van der Waals surface area contributed by atoms with Gasteiger partial charge in [-0.25, -0.2) is 4.79 Å². The Kier molecular flexibility index (Phi) is 4.26. The third-order valence-corrected chi connectivity index (χ3v) is 2.81. The molecule has 0 radical (unpaired) electrons. The van der Waals surface area contributed by atoms with E-state index in [-0.39, 0.29) is 17.7 Å². The lowest BCUT2D eigenvalue weighted by molar-refractivity contribution is -0.137. The van der Waals surface area contributed by atoms with Crippen LogP contribution in [0.15, 0.2) is 36.5 Å².